The fourth-order valence-corrected chi connectivity index (χ4v) is 3.74. The van der Waals surface area contributed by atoms with Crippen molar-refractivity contribution in [3.63, 3.8) is 0 Å². The lowest BCUT2D eigenvalue weighted by Gasteiger charge is -2.26. The number of nitrogens with one attached hydrogen (secondary N) is 1. The lowest BCUT2D eigenvalue weighted by Crippen LogP contribution is -2.34. The van der Waals surface area contributed by atoms with E-state index in [1.54, 1.807) is 6.92 Å². The van der Waals surface area contributed by atoms with Gasteiger partial charge in [0, 0.05) is 70.2 Å². The van der Waals surface area contributed by atoms with E-state index in [0.29, 0.717) is 6.54 Å². The highest BCUT2D eigenvalue weighted by atomic mass is 16.2. The zero-order valence-electron chi connectivity index (χ0n) is 19.1. The maximum atomic E-state index is 11.8. The Kier molecular flexibility index (Phi) is 6.82. The van der Waals surface area contributed by atoms with Gasteiger partial charge < -0.3 is 20.0 Å². The minimum absolute atomic E-state index is 0.109. The van der Waals surface area contributed by atoms with Gasteiger partial charge in [-0.3, -0.25) is 9.48 Å². The second-order valence-corrected chi connectivity index (χ2v) is 8.39. The summed E-state index contributed by atoms with van der Waals surface area (Å²) in [5.74, 6) is 0.944. The first-order valence-electron chi connectivity index (χ1n) is 10.5. The van der Waals surface area contributed by atoms with E-state index < -0.39 is 0 Å². The van der Waals surface area contributed by atoms with Gasteiger partial charge >= 0.3 is 0 Å². The molecule has 30 heavy (non-hydrogen) atoms. The van der Waals surface area contributed by atoms with Gasteiger partial charge in [0.05, 0.1) is 6.54 Å². The van der Waals surface area contributed by atoms with Crippen molar-refractivity contribution in [2.24, 2.45) is 7.05 Å². The van der Waals surface area contributed by atoms with E-state index >= 15 is 0 Å². The van der Waals surface area contributed by atoms with Gasteiger partial charge in [-0.25, -0.2) is 0 Å². The molecule has 0 unspecified atom stereocenters. The summed E-state index contributed by atoms with van der Waals surface area (Å²) in [6.45, 7) is 7.15. The Hall–Kier alpha value is -2.80. The second-order valence-electron chi connectivity index (χ2n) is 8.39. The average molecular weight is 411 g/mol. The minimum Gasteiger partial charge on any atom is -0.379 e. The molecule has 1 aliphatic rings. The molecule has 0 radical (unpaired) electrons. The largest absolute Gasteiger partial charge is 0.379 e. The molecule has 1 aliphatic heterocycles. The van der Waals surface area contributed by atoms with Gasteiger partial charge in [-0.1, -0.05) is 12.1 Å². The highest BCUT2D eigenvalue weighted by Gasteiger charge is 2.25. The van der Waals surface area contributed by atoms with Crippen molar-refractivity contribution in [2.75, 3.05) is 46.1 Å². The molecule has 1 aromatic heterocycles. The maximum absolute atomic E-state index is 11.8. The van der Waals surface area contributed by atoms with Gasteiger partial charge in [0.2, 0.25) is 5.91 Å². The highest BCUT2D eigenvalue weighted by molar-refractivity contribution is 5.74. The SMILES string of the molecule is CC(=O)N1CCc2c(c(Nc3ccc(/C(C)=C/N(C)CCN(C)C)cc3)nn2C)C1. The molecule has 2 aromatic rings. The number of hydrogen-bond acceptors (Lipinski definition) is 5. The predicted molar refractivity (Wildman–Crippen MR) is 123 cm³/mol. The number of carbonyl (C=O) groups is 1. The van der Waals surface area contributed by atoms with E-state index in [9.17, 15) is 4.79 Å². The third-order valence-corrected chi connectivity index (χ3v) is 5.60. The van der Waals surface area contributed by atoms with Crippen LogP contribution in [-0.2, 0) is 24.8 Å². The number of allylic oxidation sites excluding steroid dienone is 1. The molecular formula is C23H34N6O. The zero-order chi connectivity index (χ0) is 21.8. The van der Waals surface area contributed by atoms with Gasteiger partial charge in [0.25, 0.3) is 0 Å². The van der Waals surface area contributed by atoms with Crippen molar-refractivity contribution in [3.8, 4) is 0 Å². The van der Waals surface area contributed by atoms with Crippen LogP contribution in [0.25, 0.3) is 5.57 Å². The number of aromatic nitrogens is 2. The van der Waals surface area contributed by atoms with Gasteiger partial charge in [-0.2, -0.15) is 5.10 Å². The van der Waals surface area contributed by atoms with Crippen molar-refractivity contribution < 1.29 is 4.79 Å². The summed E-state index contributed by atoms with van der Waals surface area (Å²) < 4.78 is 1.93. The van der Waals surface area contributed by atoms with E-state index in [1.807, 2.05) is 16.6 Å². The van der Waals surface area contributed by atoms with Gasteiger partial charge in [-0.15, -0.1) is 0 Å². The van der Waals surface area contributed by atoms with Crippen molar-refractivity contribution in [2.45, 2.75) is 26.8 Å². The Labute approximate surface area is 180 Å². The molecule has 0 fully saturated rings. The fraction of sp³-hybridized carbons (Fsp3) is 0.478. The number of nitrogens with zero attached hydrogens (tertiary/aromatic N) is 5. The molecule has 162 valence electrons. The van der Waals surface area contributed by atoms with Crippen molar-refractivity contribution in [1.29, 1.82) is 0 Å². The third-order valence-electron chi connectivity index (χ3n) is 5.60. The smallest absolute Gasteiger partial charge is 0.219 e. The molecule has 7 heteroatoms. The molecule has 2 heterocycles. The number of hydrogen-bond donors (Lipinski definition) is 1. The monoisotopic (exact) mass is 410 g/mol. The molecule has 0 saturated carbocycles. The molecule has 0 spiro atoms. The van der Waals surface area contributed by atoms with Crippen LogP contribution in [0.5, 0.6) is 0 Å². The summed E-state index contributed by atoms with van der Waals surface area (Å²) in [4.78, 5) is 18.1. The molecule has 1 aromatic carbocycles. The summed E-state index contributed by atoms with van der Waals surface area (Å²) in [7, 11) is 8.26. The van der Waals surface area contributed by atoms with E-state index in [-0.39, 0.29) is 5.91 Å². The van der Waals surface area contributed by atoms with Crippen LogP contribution in [0, 0.1) is 0 Å². The highest BCUT2D eigenvalue weighted by Crippen LogP contribution is 2.28. The van der Waals surface area contributed by atoms with Gasteiger partial charge in [-0.05, 0) is 44.3 Å². The number of aryl methyl sites for hydroxylation is 1. The quantitative estimate of drug-likeness (QED) is 0.761. The summed E-state index contributed by atoms with van der Waals surface area (Å²) in [6.07, 6.45) is 3.03. The summed E-state index contributed by atoms with van der Waals surface area (Å²) in [5.41, 5.74) is 5.74. The van der Waals surface area contributed by atoms with Crippen LogP contribution < -0.4 is 5.32 Å². The van der Waals surface area contributed by atoms with Gasteiger partial charge in [0.1, 0.15) is 0 Å². The van der Waals surface area contributed by atoms with E-state index in [2.05, 4.69) is 78.7 Å². The number of carbonyl (C=O) groups excluding carboxylic acids is 1. The zero-order valence-corrected chi connectivity index (χ0v) is 19.1. The van der Waals surface area contributed by atoms with Crippen molar-refractivity contribution >= 4 is 23.0 Å². The Bertz CT molecular complexity index is 913. The molecule has 0 bridgehead atoms. The number of rotatable bonds is 7. The first-order chi connectivity index (χ1) is 14.2. The molecule has 0 aliphatic carbocycles. The van der Waals surface area contributed by atoms with Crippen LogP contribution >= 0.6 is 0 Å². The number of anilines is 2. The summed E-state index contributed by atoms with van der Waals surface area (Å²) in [5, 5.41) is 8.11. The predicted octanol–water partition coefficient (Wildman–Crippen LogP) is 2.92. The number of benzene rings is 1. The minimum atomic E-state index is 0.109. The lowest BCUT2D eigenvalue weighted by molar-refractivity contribution is -0.129. The van der Waals surface area contributed by atoms with E-state index in [4.69, 9.17) is 0 Å². The molecular weight excluding hydrogens is 376 g/mol. The standard InChI is InChI=1S/C23H34N6O/c1-17(15-27(5)14-13-26(3)4)19-7-9-20(10-8-19)24-23-21-16-29(18(2)30)12-11-22(21)28(6)25-23/h7-10,15H,11-14,16H2,1-6H3,(H,24,25)/b17-15+. The average Bonchev–Trinajstić information content (AvgIpc) is 3.01. The Morgan fingerprint density at radius 2 is 1.87 bits per heavy atom. The molecule has 0 atom stereocenters. The second kappa shape index (κ2) is 9.34. The Balaban J connectivity index is 1.70. The molecule has 0 saturated heterocycles. The van der Waals surface area contributed by atoms with Crippen LogP contribution in [0.2, 0.25) is 0 Å². The molecule has 1 amide bonds. The Morgan fingerprint density at radius 1 is 1.17 bits per heavy atom. The molecule has 7 nitrogen and oxygen atoms in total. The number of fused-ring (bicyclic) bond motifs is 1. The van der Waals surface area contributed by atoms with Crippen LogP contribution in [0.3, 0.4) is 0 Å². The maximum Gasteiger partial charge on any atom is 0.219 e. The number of amides is 1. The first-order valence-corrected chi connectivity index (χ1v) is 10.5. The number of likely N-dealkylation sites (N-methyl/N-ethyl adjacent to an activating group) is 2. The van der Waals surface area contributed by atoms with Crippen molar-refractivity contribution in [1.82, 2.24) is 24.5 Å². The Morgan fingerprint density at radius 3 is 2.50 bits per heavy atom. The van der Waals surface area contributed by atoms with Crippen LogP contribution in [0.15, 0.2) is 30.5 Å². The van der Waals surface area contributed by atoms with Crippen LogP contribution in [0.1, 0.15) is 30.7 Å². The normalized spacial score (nSPS) is 14.1. The van der Waals surface area contributed by atoms with Gasteiger partial charge in [0.15, 0.2) is 5.82 Å². The molecule has 1 N–H and O–H groups in total. The van der Waals surface area contributed by atoms with Crippen molar-refractivity contribution in [3.05, 3.63) is 47.3 Å². The summed E-state index contributed by atoms with van der Waals surface area (Å²) in [6, 6.07) is 8.43. The first kappa shape index (κ1) is 21.9. The topological polar surface area (TPSA) is 56.6 Å². The van der Waals surface area contributed by atoms with Crippen LogP contribution in [-0.4, -0.2) is 71.2 Å². The summed E-state index contributed by atoms with van der Waals surface area (Å²) >= 11 is 0. The third kappa shape index (κ3) is 5.21. The lowest BCUT2D eigenvalue weighted by atomic mass is 10.1. The molecule has 3 rings (SSSR count). The fourth-order valence-electron chi connectivity index (χ4n) is 3.74. The van der Waals surface area contributed by atoms with E-state index in [0.717, 1.165) is 43.1 Å². The van der Waals surface area contributed by atoms with E-state index in [1.165, 1.54) is 16.8 Å². The van der Waals surface area contributed by atoms with Crippen LogP contribution in [0.4, 0.5) is 11.5 Å².